The molecule has 0 aliphatic heterocycles. The predicted octanol–water partition coefficient (Wildman–Crippen LogP) is 3.07. The van der Waals surface area contributed by atoms with E-state index in [9.17, 15) is 10.1 Å². The monoisotopic (exact) mass is 307 g/mol. The van der Waals surface area contributed by atoms with Crippen molar-refractivity contribution in [3.8, 4) is 0 Å². The number of nitro groups is 1. The first-order chi connectivity index (χ1) is 10.0. The lowest BCUT2D eigenvalue weighted by Crippen LogP contribution is -2.10. The van der Waals surface area contributed by atoms with Gasteiger partial charge in [-0.3, -0.25) is 16.0 Å². The van der Waals surface area contributed by atoms with Gasteiger partial charge in [0.1, 0.15) is 5.01 Å². The molecule has 21 heavy (non-hydrogen) atoms. The maximum absolute atomic E-state index is 10.9. The summed E-state index contributed by atoms with van der Waals surface area (Å²) in [6, 6.07) is 4.54. The maximum Gasteiger partial charge on any atom is 0.273 e. The minimum atomic E-state index is -0.449. The Bertz CT molecular complexity index is 643. The quantitative estimate of drug-likeness (QED) is 0.430. The molecule has 8 heteroatoms. The van der Waals surface area contributed by atoms with E-state index < -0.39 is 4.92 Å². The smallest absolute Gasteiger partial charge is 0.273 e. The van der Waals surface area contributed by atoms with Gasteiger partial charge in [-0.15, -0.1) is 11.3 Å². The van der Waals surface area contributed by atoms with Crippen LogP contribution in [0.15, 0.2) is 24.4 Å². The van der Waals surface area contributed by atoms with Crippen LogP contribution in [-0.2, 0) is 6.42 Å². The summed E-state index contributed by atoms with van der Waals surface area (Å²) >= 11 is 1.63. The lowest BCUT2D eigenvalue weighted by Gasteiger charge is -2.13. The average Bonchev–Trinajstić information content (AvgIpc) is 2.95. The molecule has 4 N–H and O–H groups in total. The number of nitro benzene ring substituents is 1. The van der Waals surface area contributed by atoms with Crippen molar-refractivity contribution in [3.63, 3.8) is 0 Å². The highest BCUT2D eigenvalue weighted by Crippen LogP contribution is 2.28. The predicted molar refractivity (Wildman–Crippen MR) is 84.4 cm³/mol. The van der Waals surface area contributed by atoms with Crippen molar-refractivity contribution in [2.45, 2.75) is 26.3 Å². The van der Waals surface area contributed by atoms with E-state index in [0.29, 0.717) is 11.4 Å². The molecule has 0 saturated carbocycles. The lowest BCUT2D eigenvalue weighted by molar-refractivity contribution is -0.384. The van der Waals surface area contributed by atoms with Gasteiger partial charge >= 0.3 is 0 Å². The summed E-state index contributed by atoms with van der Waals surface area (Å²) in [5.41, 5.74) is 3.51. The van der Waals surface area contributed by atoms with Gasteiger partial charge in [0.05, 0.1) is 16.7 Å². The van der Waals surface area contributed by atoms with Gasteiger partial charge in [0.2, 0.25) is 0 Å². The molecule has 1 aromatic carbocycles. The highest BCUT2D eigenvalue weighted by molar-refractivity contribution is 7.11. The van der Waals surface area contributed by atoms with Crippen LogP contribution in [0.2, 0.25) is 0 Å². The Labute approximate surface area is 126 Å². The number of benzene rings is 1. The van der Waals surface area contributed by atoms with Gasteiger partial charge in [0.25, 0.3) is 5.69 Å². The summed E-state index contributed by atoms with van der Waals surface area (Å²) in [5.74, 6) is 5.34. The largest absolute Gasteiger partial charge is 0.376 e. The zero-order valence-corrected chi connectivity index (χ0v) is 12.6. The number of hydrazine groups is 1. The number of hydrogen-bond donors (Lipinski definition) is 3. The second kappa shape index (κ2) is 6.51. The molecule has 1 aromatic heterocycles. The van der Waals surface area contributed by atoms with Gasteiger partial charge in [0, 0.05) is 28.9 Å². The van der Waals surface area contributed by atoms with Crippen molar-refractivity contribution >= 4 is 28.4 Å². The Hall–Kier alpha value is -2.19. The molecule has 0 fully saturated rings. The number of aryl methyl sites for hydroxylation is 1. The molecule has 0 aliphatic rings. The van der Waals surface area contributed by atoms with Crippen molar-refractivity contribution < 1.29 is 4.92 Å². The van der Waals surface area contributed by atoms with Crippen LogP contribution in [0.3, 0.4) is 0 Å². The first kappa shape index (κ1) is 15.2. The highest BCUT2D eigenvalue weighted by atomic mass is 32.1. The first-order valence-corrected chi connectivity index (χ1v) is 7.32. The second-order valence-electron chi connectivity index (χ2n) is 4.55. The van der Waals surface area contributed by atoms with Crippen molar-refractivity contribution in [2.75, 3.05) is 10.7 Å². The molecule has 112 valence electrons. The molecule has 1 atom stereocenters. The molecule has 0 amide bonds. The van der Waals surface area contributed by atoms with E-state index in [1.54, 1.807) is 17.4 Å². The zero-order valence-electron chi connectivity index (χ0n) is 11.8. The Morgan fingerprint density at radius 3 is 2.71 bits per heavy atom. The average molecular weight is 307 g/mol. The summed E-state index contributed by atoms with van der Waals surface area (Å²) in [6.45, 7) is 4.04. The fraction of sp³-hybridized carbons (Fsp3) is 0.308. The summed E-state index contributed by atoms with van der Waals surface area (Å²) in [7, 11) is 0. The molecular formula is C13H17N5O2S. The minimum absolute atomic E-state index is 0.0199. The van der Waals surface area contributed by atoms with E-state index in [0.717, 1.165) is 11.4 Å². The molecule has 1 unspecified atom stereocenters. The summed E-state index contributed by atoms with van der Waals surface area (Å²) in [5, 5.41) is 15.1. The van der Waals surface area contributed by atoms with Crippen LogP contribution < -0.4 is 16.6 Å². The zero-order chi connectivity index (χ0) is 15.4. The first-order valence-electron chi connectivity index (χ1n) is 6.50. The topological polar surface area (TPSA) is 106 Å². The van der Waals surface area contributed by atoms with Gasteiger partial charge in [-0.05, 0) is 19.4 Å². The van der Waals surface area contributed by atoms with Crippen molar-refractivity contribution in [2.24, 2.45) is 5.84 Å². The van der Waals surface area contributed by atoms with Crippen molar-refractivity contribution in [1.29, 1.82) is 0 Å². The van der Waals surface area contributed by atoms with Crippen LogP contribution in [0, 0.1) is 10.1 Å². The fourth-order valence-electron chi connectivity index (χ4n) is 1.88. The molecule has 0 saturated heterocycles. The summed E-state index contributed by atoms with van der Waals surface area (Å²) < 4.78 is 0. The van der Waals surface area contributed by atoms with Gasteiger partial charge in [0.15, 0.2) is 0 Å². The van der Waals surface area contributed by atoms with E-state index in [4.69, 9.17) is 5.84 Å². The minimum Gasteiger partial charge on any atom is -0.376 e. The van der Waals surface area contributed by atoms with E-state index in [1.807, 2.05) is 13.1 Å². The van der Waals surface area contributed by atoms with Crippen LogP contribution in [0.4, 0.5) is 17.1 Å². The Morgan fingerprint density at radius 1 is 1.43 bits per heavy atom. The molecule has 7 nitrogen and oxygen atoms in total. The van der Waals surface area contributed by atoms with Gasteiger partial charge < -0.3 is 10.7 Å². The van der Waals surface area contributed by atoms with Gasteiger partial charge in [-0.25, -0.2) is 4.98 Å². The number of nitrogens with two attached hydrogens (primary N) is 1. The summed E-state index contributed by atoms with van der Waals surface area (Å²) in [4.78, 5) is 16.0. The molecule has 0 radical (unpaired) electrons. The van der Waals surface area contributed by atoms with Gasteiger partial charge in [-0.1, -0.05) is 6.92 Å². The molecule has 0 spiro atoms. The number of anilines is 2. The number of non-ortho nitro benzene ring substituents is 1. The van der Waals surface area contributed by atoms with Crippen molar-refractivity contribution in [1.82, 2.24) is 4.98 Å². The third kappa shape index (κ3) is 3.67. The van der Waals surface area contributed by atoms with E-state index in [-0.39, 0.29) is 11.7 Å². The Morgan fingerprint density at radius 2 is 2.14 bits per heavy atom. The molecule has 1 heterocycles. The molecule has 2 rings (SSSR count). The third-order valence-corrected chi connectivity index (χ3v) is 4.29. The van der Waals surface area contributed by atoms with Crippen LogP contribution >= 0.6 is 11.3 Å². The third-order valence-electron chi connectivity index (χ3n) is 2.97. The maximum atomic E-state index is 10.9. The van der Waals surface area contributed by atoms with E-state index in [2.05, 4.69) is 22.7 Å². The Balaban J connectivity index is 2.21. The SMILES string of the molecule is CCc1cnc(C(C)Nc2cc(NN)cc([N+](=O)[O-])c2)s1. The number of rotatable bonds is 6. The number of nitrogens with zero attached hydrogens (tertiary/aromatic N) is 2. The Kier molecular flexibility index (Phi) is 4.71. The van der Waals surface area contributed by atoms with Crippen molar-refractivity contribution in [3.05, 3.63) is 44.4 Å². The van der Waals surface area contributed by atoms with E-state index in [1.165, 1.54) is 17.0 Å². The van der Waals surface area contributed by atoms with E-state index >= 15 is 0 Å². The lowest BCUT2D eigenvalue weighted by atomic mass is 10.2. The molecule has 2 aromatic rings. The number of thiazole rings is 1. The number of nitrogens with one attached hydrogen (secondary N) is 2. The number of hydrogen-bond acceptors (Lipinski definition) is 7. The highest BCUT2D eigenvalue weighted by Gasteiger charge is 2.14. The van der Waals surface area contributed by atoms with Gasteiger partial charge in [-0.2, -0.15) is 0 Å². The second-order valence-corrected chi connectivity index (χ2v) is 5.70. The number of nitrogen functional groups attached to an aromatic ring is 1. The standard InChI is InChI=1S/C13H17N5O2S/c1-3-12-7-15-13(21-12)8(2)16-9-4-10(17-14)6-11(5-9)18(19)20/h4-8,16-17H,3,14H2,1-2H3. The van der Waals surface area contributed by atoms with Crippen LogP contribution in [-0.4, -0.2) is 9.91 Å². The molecule has 0 aliphatic carbocycles. The molecule has 0 bridgehead atoms. The molecular weight excluding hydrogens is 290 g/mol. The van der Waals surface area contributed by atoms with Crippen LogP contribution in [0.1, 0.15) is 29.8 Å². The fourth-order valence-corrected chi connectivity index (χ4v) is 2.74. The number of aromatic nitrogens is 1. The van der Waals surface area contributed by atoms with Crippen LogP contribution in [0.25, 0.3) is 0 Å². The normalized spacial score (nSPS) is 12.0. The van der Waals surface area contributed by atoms with Crippen LogP contribution in [0.5, 0.6) is 0 Å². The summed E-state index contributed by atoms with van der Waals surface area (Å²) in [6.07, 6.45) is 2.81.